The van der Waals surface area contributed by atoms with Gasteiger partial charge in [0, 0.05) is 43.7 Å². The molecule has 0 saturated heterocycles. The summed E-state index contributed by atoms with van der Waals surface area (Å²) in [6, 6.07) is 9.32. The minimum atomic E-state index is 0. The van der Waals surface area contributed by atoms with Gasteiger partial charge < -0.3 is 15.5 Å². The largest absolute Gasteiger partial charge is 0.364 e. The van der Waals surface area contributed by atoms with E-state index < -0.39 is 0 Å². The molecule has 2 atom stereocenters. The zero-order valence-corrected chi connectivity index (χ0v) is 18.2. The first kappa shape index (κ1) is 20.4. The van der Waals surface area contributed by atoms with E-state index in [4.69, 9.17) is 0 Å². The standard InChI is InChI=1S/C19H28N4S.HI/c1-20-19(22-16-8-9-18(13-16)24-2)21-14-15-6-5-7-17(12-15)23-10-3-4-11-23;/h3-7,12,16,18H,8-11,13-14H2,1-2H3,(H2,20,21,22);1H. The van der Waals surface area contributed by atoms with E-state index in [0.29, 0.717) is 6.04 Å². The third kappa shape index (κ3) is 5.81. The molecular formula is C19H29IN4S. The normalized spacial score (nSPS) is 22.8. The second-order valence-electron chi connectivity index (χ2n) is 6.48. The number of halogens is 1. The Labute approximate surface area is 172 Å². The summed E-state index contributed by atoms with van der Waals surface area (Å²) >= 11 is 1.98. The van der Waals surface area contributed by atoms with Crippen molar-refractivity contribution in [1.29, 1.82) is 0 Å². The Kier molecular flexibility index (Phi) is 8.42. The summed E-state index contributed by atoms with van der Waals surface area (Å²) in [7, 11) is 1.85. The molecule has 2 unspecified atom stereocenters. The van der Waals surface area contributed by atoms with Crippen LogP contribution >= 0.6 is 35.7 Å². The third-order valence-corrected chi connectivity index (χ3v) is 5.93. The Morgan fingerprint density at radius 3 is 2.76 bits per heavy atom. The van der Waals surface area contributed by atoms with Crippen molar-refractivity contribution in [3.8, 4) is 0 Å². The van der Waals surface area contributed by atoms with Gasteiger partial charge in [-0.15, -0.1) is 24.0 Å². The highest BCUT2D eigenvalue weighted by molar-refractivity contribution is 14.0. The molecule has 1 heterocycles. The van der Waals surface area contributed by atoms with Crippen molar-refractivity contribution in [1.82, 2.24) is 10.6 Å². The molecule has 25 heavy (non-hydrogen) atoms. The van der Waals surface area contributed by atoms with E-state index in [0.717, 1.165) is 30.8 Å². The van der Waals surface area contributed by atoms with Crippen molar-refractivity contribution in [3.63, 3.8) is 0 Å². The first-order valence-electron chi connectivity index (χ1n) is 8.77. The van der Waals surface area contributed by atoms with Gasteiger partial charge in [0.05, 0.1) is 0 Å². The van der Waals surface area contributed by atoms with Gasteiger partial charge in [0.15, 0.2) is 5.96 Å². The fourth-order valence-corrected chi connectivity index (χ4v) is 4.21. The molecule has 3 rings (SSSR count). The Morgan fingerprint density at radius 1 is 1.28 bits per heavy atom. The lowest BCUT2D eigenvalue weighted by atomic mass is 10.2. The van der Waals surface area contributed by atoms with Crippen LogP contribution in [0.3, 0.4) is 0 Å². The molecule has 1 fully saturated rings. The lowest BCUT2D eigenvalue weighted by molar-refractivity contribution is 0.614. The molecule has 0 spiro atoms. The van der Waals surface area contributed by atoms with Crippen LogP contribution in [0.2, 0.25) is 0 Å². The van der Waals surface area contributed by atoms with Crippen LogP contribution in [0.4, 0.5) is 5.69 Å². The van der Waals surface area contributed by atoms with E-state index >= 15 is 0 Å². The minimum absolute atomic E-state index is 0. The van der Waals surface area contributed by atoms with Crippen LogP contribution in [0.15, 0.2) is 41.4 Å². The van der Waals surface area contributed by atoms with Crippen LogP contribution in [0.5, 0.6) is 0 Å². The monoisotopic (exact) mass is 472 g/mol. The number of thioether (sulfide) groups is 1. The van der Waals surface area contributed by atoms with Crippen molar-refractivity contribution in [2.24, 2.45) is 4.99 Å². The lowest BCUT2D eigenvalue weighted by Gasteiger charge is -2.20. The molecule has 2 N–H and O–H groups in total. The van der Waals surface area contributed by atoms with E-state index in [1.807, 2.05) is 18.8 Å². The Morgan fingerprint density at radius 2 is 2.08 bits per heavy atom. The number of aliphatic imine (C=N–C) groups is 1. The minimum Gasteiger partial charge on any atom is -0.364 e. The van der Waals surface area contributed by atoms with Crippen molar-refractivity contribution in [3.05, 3.63) is 42.0 Å². The van der Waals surface area contributed by atoms with Crippen LogP contribution in [-0.2, 0) is 6.54 Å². The van der Waals surface area contributed by atoms with Gasteiger partial charge >= 0.3 is 0 Å². The average molecular weight is 472 g/mol. The molecule has 1 aromatic carbocycles. The first-order chi connectivity index (χ1) is 11.8. The van der Waals surface area contributed by atoms with E-state index in [1.54, 1.807) is 0 Å². The summed E-state index contributed by atoms with van der Waals surface area (Å²) in [5, 5.41) is 7.83. The maximum atomic E-state index is 4.38. The molecule has 2 aliphatic rings. The molecule has 0 amide bonds. The Hall–Kier alpha value is -0.890. The molecular weight excluding hydrogens is 443 g/mol. The van der Waals surface area contributed by atoms with Gasteiger partial charge in [-0.05, 0) is 43.2 Å². The van der Waals surface area contributed by atoms with Crippen LogP contribution in [-0.4, -0.2) is 43.6 Å². The Balaban J connectivity index is 0.00000225. The van der Waals surface area contributed by atoms with Crippen molar-refractivity contribution in [2.75, 3.05) is 31.3 Å². The second-order valence-corrected chi connectivity index (χ2v) is 7.62. The number of hydrogen-bond donors (Lipinski definition) is 2. The SMILES string of the molecule is CN=C(NCc1cccc(N2CC=CC2)c1)NC1CCC(SC)C1.I. The predicted octanol–water partition coefficient (Wildman–Crippen LogP) is 3.63. The van der Waals surface area contributed by atoms with Crippen molar-refractivity contribution in [2.45, 2.75) is 37.1 Å². The molecule has 1 saturated carbocycles. The lowest BCUT2D eigenvalue weighted by Crippen LogP contribution is -2.42. The quantitative estimate of drug-likeness (QED) is 0.297. The van der Waals surface area contributed by atoms with Crippen molar-refractivity contribution < 1.29 is 0 Å². The van der Waals surface area contributed by atoms with Gasteiger partial charge in [0.1, 0.15) is 0 Å². The molecule has 0 bridgehead atoms. The average Bonchev–Trinajstić information content (AvgIpc) is 3.30. The predicted molar refractivity (Wildman–Crippen MR) is 121 cm³/mol. The highest BCUT2D eigenvalue weighted by atomic mass is 127. The fraction of sp³-hybridized carbons (Fsp3) is 0.526. The van der Waals surface area contributed by atoms with Crippen molar-refractivity contribution >= 4 is 47.4 Å². The van der Waals surface area contributed by atoms with E-state index in [-0.39, 0.29) is 24.0 Å². The van der Waals surface area contributed by atoms with Gasteiger partial charge in [-0.25, -0.2) is 0 Å². The Bertz CT molecular complexity index is 597. The van der Waals surface area contributed by atoms with Crippen LogP contribution in [0.25, 0.3) is 0 Å². The third-order valence-electron chi connectivity index (χ3n) is 4.84. The van der Waals surface area contributed by atoms with E-state index in [9.17, 15) is 0 Å². The van der Waals surface area contributed by atoms with Crippen LogP contribution in [0.1, 0.15) is 24.8 Å². The topological polar surface area (TPSA) is 39.7 Å². The fourth-order valence-electron chi connectivity index (χ4n) is 3.41. The summed E-state index contributed by atoms with van der Waals surface area (Å²) in [5.74, 6) is 0.912. The number of hydrogen-bond acceptors (Lipinski definition) is 3. The van der Waals surface area contributed by atoms with Crippen LogP contribution in [0, 0.1) is 0 Å². The zero-order valence-electron chi connectivity index (χ0n) is 15.1. The number of guanidine groups is 1. The molecule has 1 aliphatic heterocycles. The number of anilines is 1. The summed E-state index contributed by atoms with van der Waals surface area (Å²) in [5.41, 5.74) is 2.58. The molecule has 0 radical (unpaired) electrons. The maximum absolute atomic E-state index is 4.38. The van der Waals surface area contributed by atoms with Gasteiger partial charge in [0.2, 0.25) is 0 Å². The highest BCUT2D eigenvalue weighted by Gasteiger charge is 2.24. The number of rotatable bonds is 5. The highest BCUT2D eigenvalue weighted by Crippen LogP contribution is 2.28. The maximum Gasteiger partial charge on any atom is 0.191 e. The smallest absolute Gasteiger partial charge is 0.191 e. The van der Waals surface area contributed by atoms with Gasteiger partial charge in [-0.3, -0.25) is 4.99 Å². The first-order valence-corrected chi connectivity index (χ1v) is 10.1. The van der Waals surface area contributed by atoms with E-state index in [1.165, 1.54) is 30.5 Å². The van der Waals surface area contributed by atoms with E-state index in [2.05, 4.69) is 63.2 Å². The summed E-state index contributed by atoms with van der Waals surface area (Å²) in [6.45, 7) is 2.82. The molecule has 138 valence electrons. The summed E-state index contributed by atoms with van der Waals surface area (Å²) < 4.78 is 0. The number of nitrogens with zero attached hydrogens (tertiary/aromatic N) is 2. The molecule has 6 heteroatoms. The molecule has 1 aliphatic carbocycles. The number of benzene rings is 1. The molecule has 4 nitrogen and oxygen atoms in total. The van der Waals surface area contributed by atoms with Gasteiger partial charge in [-0.1, -0.05) is 24.3 Å². The van der Waals surface area contributed by atoms with Gasteiger partial charge in [0.25, 0.3) is 0 Å². The molecule has 1 aromatic rings. The molecule has 0 aromatic heterocycles. The second kappa shape index (κ2) is 10.3. The number of nitrogens with one attached hydrogen (secondary N) is 2. The summed E-state index contributed by atoms with van der Waals surface area (Å²) in [4.78, 5) is 6.76. The van der Waals surface area contributed by atoms with Crippen LogP contribution < -0.4 is 15.5 Å². The zero-order chi connectivity index (χ0) is 16.8. The summed E-state index contributed by atoms with van der Waals surface area (Å²) in [6.07, 6.45) is 10.4. The van der Waals surface area contributed by atoms with Gasteiger partial charge in [-0.2, -0.15) is 11.8 Å².